The number of benzene rings is 2. The van der Waals surface area contributed by atoms with Crippen molar-refractivity contribution in [1.29, 1.82) is 5.26 Å². The number of halogens is 1. The van der Waals surface area contributed by atoms with Crippen LogP contribution < -0.4 is 11.1 Å². The van der Waals surface area contributed by atoms with Crippen LogP contribution in [0.1, 0.15) is 5.56 Å². The van der Waals surface area contributed by atoms with Crippen LogP contribution in [0.4, 0.5) is 5.69 Å². The summed E-state index contributed by atoms with van der Waals surface area (Å²) in [5, 5.41) is 13.0. The van der Waals surface area contributed by atoms with Crippen molar-refractivity contribution in [2.75, 3.05) is 5.32 Å². The second kappa shape index (κ2) is 7.89. The zero-order valence-corrected chi connectivity index (χ0v) is 15.7. The summed E-state index contributed by atoms with van der Waals surface area (Å²) in [7, 11) is 0. The molecule has 1 aromatic heterocycles. The number of para-hydroxylation sites is 1. The minimum atomic E-state index is -0.512. The molecule has 0 unspecified atom stereocenters. The average molecular weight is 423 g/mol. The maximum absolute atomic E-state index is 12.5. The molecular formula is C20H15BrN4O2. The van der Waals surface area contributed by atoms with Gasteiger partial charge in [0.25, 0.3) is 5.91 Å². The van der Waals surface area contributed by atoms with Gasteiger partial charge in [0.1, 0.15) is 18.2 Å². The first-order valence-electron chi connectivity index (χ1n) is 8.03. The number of nitriles is 1. The smallest absolute Gasteiger partial charge is 0.266 e. The van der Waals surface area contributed by atoms with E-state index in [2.05, 4.69) is 21.2 Å². The summed E-state index contributed by atoms with van der Waals surface area (Å²) in [6, 6.07) is 16.4. The third-order valence-corrected chi connectivity index (χ3v) is 4.39. The molecule has 0 radical (unpaired) electrons. The minimum absolute atomic E-state index is 0.0144. The Hall–Kier alpha value is -3.37. The van der Waals surface area contributed by atoms with Crippen LogP contribution in [-0.2, 0) is 16.1 Å². The highest BCUT2D eigenvalue weighted by Gasteiger charge is 2.13. The van der Waals surface area contributed by atoms with Crippen molar-refractivity contribution in [2.24, 2.45) is 5.73 Å². The molecule has 134 valence electrons. The Labute approximate surface area is 164 Å². The molecule has 3 N–H and O–H groups in total. The molecule has 3 aromatic rings. The fraction of sp³-hybridized carbons (Fsp3) is 0.0500. The fourth-order valence-corrected chi connectivity index (χ4v) is 3.16. The molecule has 0 saturated heterocycles. The number of nitrogens with one attached hydrogen (secondary N) is 1. The maximum Gasteiger partial charge on any atom is 0.266 e. The number of carbonyl (C=O) groups is 2. The lowest BCUT2D eigenvalue weighted by molar-refractivity contribution is -0.118. The van der Waals surface area contributed by atoms with Crippen LogP contribution in [0.2, 0.25) is 0 Å². The Morgan fingerprint density at radius 1 is 1.22 bits per heavy atom. The summed E-state index contributed by atoms with van der Waals surface area (Å²) in [6.07, 6.45) is 3.21. The SMILES string of the molecule is N#C/C(=C/c1cn(CC(N)=O)c2ccccc12)C(=O)Nc1cccc(Br)c1. The fourth-order valence-electron chi connectivity index (χ4n) is 2.76. The summed E-state index contributed by atoms with van der Waals surface area (Å²) in [5.41, 5.74) is 7.29. The van der Waals surface area contributed by atoms with Gasteiger partial charge < -0.3 is 15.6 Å². The molecule has 0 atom stereocenters. The van der Waals surface area contributed by atoms with E-state index < -0.39 is 11.8 Å². The lowest BCUT2D eigenvalue weighted by atomic mass is 10.1. The first kappa shape index (κ1) is 18.4. The highest BCUT2D eigenvalue weighted by molar-refractivity contribution is 9.10. The van der Waals surface area contributed by atoms with E-state index in [1.807, 2.05) is 36.4 Å². The molecule has 2 amide bonds. The van der Waals surface area contributed by atoms with Crippen molar-refractivity contribution in [3.8, 4) is 6.07 Å². The van der Waals surface area contributed by atoms with Crippen molar-refractivity contribution in [1.82, 2.24) is 4.57 Å². The van der Waals surface area contributed by atoms with Gasteiger partial charge in [-0.2, -0.15) is 5.26 Å². The summed E-state index contributed by atoms with van der Waals surface area (Å²) in [6.45, 7) is 0.0144. The minimum Gasteiger partial charge on any atom is -0.368 e. The monoisotopic (exact) mass is 422 g/mol. The number of amides is 2. The van der Waals surface area contributed by atoms with Gasteiger partial charge in [-0.15, -0.1) is 0 Å². The molecule has 0 saturated carbocycles. The van der Waals surface area contributed by atoms with E-state index in [-0.39, 0.29) is 12.1 Å². The van der Waals surface area contributed by atoms with Gasteiger partial charge in [0.15, 0.2) is 0 Å². The molecule has 0 aliphatic rings. The molecule has 7 heteroatoms. The molecule has 0 fully saturated rings. The molecule has 0 aliphatic carbocycles. The second-order valence-electron chi connectivity index (χ2n) is 5.83. The third-order valence-electron chi connectivity index (χ3n) is 3.89. The summed E-state index contributed by atoms with van der Waals surface area (Å²) >= 11 is 3.34. The van der Waals surface area contributed by atoms with Gasteiger partial charge in [-0.25, -0.2) is 0 Å². The van der Waals surface area contributed by atoms with Gasteiger partial charge in [-0.3, -0.25) is 9.59 Å². The zero-order chi connectivity index (χ0) is 19.4. The van der Waals surface area contributed by atoms with Crippen LogP contribution in [0.25, 0.3) is 17.0 Å². The molecule has 0 bridgehead atoms. The number of hydrogen-bond acceptors (Lipinski definition) is 3. The number of carbonyl (C=O) groups excluding carboxylic acids is 2. The first-order chi connectivity index (χ1) is 13.0. The van der Waals surface area contributed by atoms with Crippen LogP contribution >= 0.6 is 15.9 Å². The van der Waals surface area contributed by atoms with Crippen molar-refractivity contribution in [2.45, 2.75) is 6.54 Å². The van der Waals surface area contributed by atoms with Crippen LogP contribution in [0, 0.1) is 11.3 Å². The Bertz CT molecular complexity index is 1110. The van der Waals surface area contributed by atoms with Crippen molar-refractivity contribution in [3.05, 3.63) is 70.3 Å². The number of hydrogen-bond donors (Lipinski definition) is 2. The standard InChI is InChI=1S/C20H15BrN4O2/c21-15-4-3-5-16(9-15)24-20(27)13(10-22)8-14-11-25(12-19(23)26)18-7-2-1-6-17(14)18/h1-9,11H,12H2,(H2,23,26)(H,24,27)/b13-8-. The Morgan fingerprint density at radius 2 is 2.00 bits per heavy atom. The lowest BCUT2D eigenvalue weighted by Crippen LogP contribution is -2.17. The Morgan fingerprint density at radius 3 is 2.70 bits per heavy atom. The topological polar surface area (TPSA) is 101 Å². The number of rotatable bonds is 5. The number of nitrogens with zero attached hydrogens (tertiary/aromatic N) is 2. The van der Waals surface area contributed by atoms with Crippen LogP contribution in [0.3, 0.4) is 0 Å². The number of fused-ring (bicyclic) bond motifs is 1. The maximum atomic E-state index is 12.5. The van der Waals surface area contributed by atoms with E-state index in [1.54, 1.807) is 29.0 Å². The predicted molar refractivity (Wildman–Crippen MR) is 107 cm³/mol. The molecule has 27 heavy (non-hydrogen) atoms. The highest BCUT2D eigenvalue weighted by Crippen LogP contribution is 2.24. The van der Waals surface area contributed by atoms with Gasteiger partial charge in [0.2, 0.25) is 5.91 Å². The van der Waals surface area contributed by atoms with E-state index in [0.717, 1.165) is 15.4 Å². The number of anilines is 1. The van der Waals surface area contributed by atoms with Gasteiger partial charge in [0, 0.05) is 32.8 Å². The Balaban J connectivity index is 1.97. The zero-order valence-electron chi connectivity index (χ0n) is 14.1. The second-order valence-corrected chi connectivity index (χ2v) is 6.75. The molecule has 3 rings (SSSR count). The number of nitrogens with two attached hydrogens (primary N) is 1. The van der Waals surface area contributed by atoms with Gasteiger partial charge >= 0.3 is 0 Å². The molecule has 0 aliphatic heterocycles. The normalized spacial score (nSPS) is 11.2. The van der Waals surface area contributed by atoms with Crippen molar-refractivity contribution >= 4 is 50.4 Å². The summed E-state index contributed by atoms with van der Waals surface area (Å²) in [5.74, 6) is -0.985. The van der Waals surface area contributed by atoms with Crippen molar-refractivity contribution < 1.29 is 9.59 Å². The van der Waals surface area contributed by atoms with Crippen molar-refractivity contribution in [3.63, 3.8) is 0 Å². The van der Waals surface area contributed by atoms with E-state index in [0.29, 0.717) is 11.3 Å². The van der Waals surface area contributed by atoms with Gasteiger partial charge in [-0.05, 0) is 30.3 Å². The van der Waals surface area contributed by atoms with Crippen LogP contribution in [-0.4, -0.2) is 16.4 Å². The van der Waals surface area contributed by atoms with Crippen LogP contribution in [0.5, 0.6) is 0 Å². The molecule has 1 heterocycles. The molecule has 2 aromatic carbocycles. The van der Waals surface area contributed by atoms with E-state index in [1.165, 1.54) is 6.08 Å². The van der Waals surface area contributed by atoms with E-state index in [4.69, 9.17) is 5.73 Å². The highest BCUT2D eigenvalue weighted by atomic mass is 79.9. The average Bonchev–Trinajstić information content (AvgIpc) is 2.96. The molecule has 6 nitrogen and oxygen atoms in total. The van der Waals surface area contributed by atoms with E-state index >= 15 is 0 Å². The molecule has 0 spiro atoms. The van der Waals surface area contributed by atoms with Gasteiger partial charge in [0.05, 0.1) is 0 Å². The predicted octanol–water partition coefficient (Wildman–Crippen LogP) is 3.43. The quantitative estimate of drug-likeness (QED) is 0.486. The van der Waals surface area contributed by atoms with Crippen LogP contribution in [0.15, 0.2) is 64.8 Å². The summed E-state index contributed by atoms with van der Waals surface area (Å²) < 4.78 is 2.52. The number of primary amides is 1. The summed E-state index contributed by atoms with van der Waals surface area (Å²) in [4.78, 5) is 23.8. The first-order valence-corrected chi connectivity index (χ1v) is 8.82. The van der Waals surface area contributed by atoms with E-state index in [9.17, 15) is 14.9 Å². The van der Waals surface area contributed by atoms with Gasteiger partial charge in [-0.1, -0.05) is 40.2 Å². The molecular weight excluding hydrogens is 408 g/mol. The number of aromatic nitrogens is 1. The largest absolute Gasteiger partial charge is 0.368 e. The third kappa shape index (κ3) is 4.25. The lowest BCUT2D eigenvalue weighted by Gasteiger charge is -2.04. The Kier molecular flexibility index (Phi) is 5.38.